The summed E-state index contributed by atoms with van der Waals surface area (Å²) in [6, 6.07) is 5.22. The van der Waals surface area contributed by atoms with Crippen LogP contribution in [0.5, 0.6) is 0 Å². The second-order valence-electron chi connectivity index (χ2n) is 4.04. The summed E-state index contributed by atoms with van der Waals surface area (Å²) < 4.78 is 0. The number of nitrogens with one attached hydrogen (secondary N) is 1. The van der Waals surface area contributed by atoms with E-state index in [4.69, 9.17) is 5.11 Å². The van der Waals surface area contributed by atoms with Gasteiger partial charge in [0.15, 0.2) is 0 Å². The van der Waals surface area contributed by atoms with Gasteiger partial charge in [0.25, 0.3) is 5.91 Å². The number of aromatic nitrogens is 2. The molecule has 94 valence electrons. The summed E-state index contributed by atoms with van der Waals surface area (Å²) in [6.07, 6.45) is 1.62. The number of H-pyrrole nitrogens is 1. The summed E-state index contributed by atoms with van der Waals surface area (Å²) in [5.41, 5.74) is 1.30. The third-order valence-corrected chi connectivity index (χ3v) is 2.70. The number of amides is 1. The standard InChI is InChI=1S/C12H13N3O3/c1-15(5-4-11(16)17)12(18)8-2-3-9-7-13-14-10(9)6-8/h2-3,6-7H,4-5H2,1H3,(H,13,14)(H,16,17). The van der Waals surface area contributed by atoms with Crippen LogP contribution in [0.2, 0.25) is 0 Å². The fraction of sp³-hybridized carbons (Fsp3) is 0.250. The molecule has 2 aromatic rings. The Balaban J connectivity index is 2.14. The second kappa shape index (κ2) is 4.87. The van der Waals surface area contributed by atoms with E-state index in [-0.39, 0.29) is 18.9 Å². The van der Waals surface area contributed by atoms with Crippen molar-refractivity contribution in [3.8, 4) is 0 Å². The van der Waals surface area contributed by atoms with Crippen LogP contribution >= 0.6 is 0 Å². The molecule has 2 rings (SSSR count). The summed E-state index contributed by atoms with van der Waals surface area (Å²) in [5.74, 6) is -1.12. The lowest BCUT2D eigenvalue weighted by molar-refractivity contribution is -0.137. The highest BCUT2D eigenvalue weighted by molar-refractivity contribution is 5.97. The molecule has 2 N–H and O–H groups in total. The minimum absolute atomic E-state index is 0.0610. The molecule has 1 aromatic carbocycles. The van der Waals surface area contributed by atoms with E-state index in [1.807, 2.05) is 0 Å². The quantitative estimate of drug-likeness (QED) is 0.847. The molecule has 1 amide bonds. The zero-order chi connectivity index (χ0) is 13.1. The predicted octanol–water partition coefficient (Wildman–Crippen LogP) is 1.11. The summed E-state index contributed by atoms with van der Waals surface area (Å²) in [4.78, 5) is 23.9. The van der Waals surface area contributed by atoms with Gasteiger partial charge in [-0.3, -0.25) is 14.7 Å². The molecular weight excluding hydrogens is 234 g/mol. The van der Waals surface area contributed by atoms with Crippen molar-refractivity contribution in [1.82, 2.24) is 15.1 Å². The van der Waals surface area contributed by atoms with Crippen LogP contribution in [0.15, 0.2) is 24.4 Å². The summed E-state index contributed by atoms with van der Waals surface area (Å²) >= 11 is 0. The average molecular weight is 247 g/mol. The third kappa shape index (κ3) is 2.48. The number of benzene rings is 1. The van der Waals surface area contributed by atoms with E-state index in [9.17, 15) is 9.59 Å². The first-order valence-corrected chi connectivity index (χ1v) is 5.48. The van der Waals surface area contributed by atoms with Crippen LogP contribution in [-0.4, -0.2) is 45.7 Å². The van der Waals surface area contributed by atoms with Crippen LogP contribution in [0.25, 0.3) is 10.9 Å². The Labute approximate surface area is 103 Å². The molecule has 1 heterocycles. The van der Waals surface area contributed by atoms with Crippen molar-refractivity contribution in [3.63, 3.8) is 0 Å². The molecule has 0 aliphatic heterocycles. The maximum absolute atomic E-state index is 12.0. The van der Waals surface area contributed by atoms with Crippen LogP contribution in [0.3, 0.4) is 0 Å². The van der Waals surface area contributed by atoms with Crippen LogP contribution in [0.4, 0.5) is 0 Å². The molecule has 0 unspecified atom stereocenters. The van der Waals surface area contributed by atoms with Gasteiger partial charge in [0, 0.05) is 24.5 Å². The highest BCUT2D eigenvalue weighted by Gasteiger charge is 2.13. The molecule has 0 aliphatic carbocycles. The molecule has 18 heavy (non-hydrogen) atoms. The van der Waals surface area contributed by atoms with E-state index >= 15 is 0 Å². The highest BCUT2D eigenvalue weighted by Crippen LogP contribution is 2.14. The number of hydrogen-bond donors (Lipinski definition) is 2. The molecule has 0 saturated heterocycles. The number of aliphatic carboxylic acids is 1. The zero-order valence-electron chi connectivity index (χ0n) is 9.88. The van der Waals surface area contributed by atoms with Gasteiger partial charge in [-0.05, 0) is 12.1 Å². The first-order chi connectivity index (χ1) is 8.58. The molecule has 0 radical (unpaired) electrons. The van der Waals surface area contributed by atoms with Gasteiger partial charge >= 0.3 is 5.97 Å². The fourth-order valence-electron chi connectivity index (χ4n) is 1.66. The Hall–Kier alpha value is -2.37. The normalized spacial score (nSPS) is 10.5. The minimum atomic E-state index is -0.918. The third-order valence-electron chi connectivity index (χ3n) is 2.70. The van der Waals surface area contributed by atoms with Crippen LogP contribution in [-0.2, 0) is 4.79 Å². The van der Waals surface area contributed by atoms with Gasteiger partial charge in [-0.1, -0.05) is 6.07 Å². The Morgan fingerprint density at radius 1 is 1.44 bits per heavy atom. The summed E-state index contributed by atoms with van der Waals surface area (Å²) in [6.45, 7) is 0.190. The number of carbonyl (C=O) groups excluding carboxylic acids is 1. The van der Waals surface area contributed by atoms with Gasteiger partial charge in [-0.25, -0.2) is 0 Å². The Morgan fingerprint density at radius 2 is 2.22 bits per heavy atom. The molecule has 6 nitrogen and oxygen atoms in total. The predicted molar refractivity (Wildman–Crippen MR) is 65.3 cm³/mol. The summed E-state index contributed by atoms with van der Waals surface area (Å²) in [7, 11) is 1.59. The second-order valence-corrected chi connectivity index (χ2v) is 4.04. The van der Waals surface area contributed by atoms with Gasteiger partial charge in [-0.2, -0.15) is 5.10 Å². The van der Waals surface area contributed by atoms with Crippen molar-refractivity contribution in [1.29, 1.82) is 0 Å². The molecule has 0 aliphatic rings. The lowest BCUT2D eigenvalue weighted by atomic mass is 10.1. The number of aromatic amines is 1. The van der Waals surface area contributed by atoms with Gasteiger partial charge in [0.1, 0.15) is 0 Å². The number of rotatable bonds is 4. The van der Waals surface area contributed by atoms with Crippen molar-refractivity contribution in [2.75, 3.05) is 13.6 Å². The molecule has 0 saturated carbocycles. The van der Waals surface area contributed by atoms with Crippen molar-refractivity contribution in [3.05, 3.63) is 30.0 Å². The van der Waals surface area contributed by atoms with Crippen LogP contribution < -0.4 is 0 Å². The monoisotopic (exact) mass is 247 g/mol. The number of carbonyl (C=O) groups is 2. The largest absolute Gasteiger partial charge is 0.481 e. The smallest absolute Gasteiger partial charge is 0.305 e. The van der Waals surface area contributed by atoms with E-state index in [1.54, 1.807) is 31.4 Å². The maximum Gasteiger partial charge on any atom is 0.305 e. The van der Waals surface area contributed by atoms with Gasteiger partial charge < -0.3 is 10.0 Å². The number of fused-ring (bicyclic) bond motifs is 1. The van der Waals surface area contributed by atoms with Crippen molar-refractivity contribution < 1.29 is 14.7 Å². The minimum Gasteiger partial charge on any atom is -0.481 e. The Kier molecular flexibility index (Phi) is 3.27. The molecule has 0 fully saturated rings. The van der Waals surface area contributed by atoms with Crippen molar-refractivity contribution >= 4 is 22.8 Å². The van der Waals surface area contributed by atoms with Crippen LogP contribution in [0.1, 0.15) is 16.8 Å². The van der Waals surface area contributed by atoms with Crippen molar-refractivity contribution in [2.45, 2.75) is 6.42 Å². The van der Waals surface area contributed by atoms with Gasteiger partial charge in [-0.15, -0.1) is 0 Å². The molecule has 6 heteroatoms. The zero-order valence-corrected chi connectivity index (χ0v) is 9.88. The van der Waals surface area contributed by atoms with E-state index in [2.05, 4.69) is 10.2 Å². The molecule has 0 atom stereocenters. The molecule has 0 spiro atoms. The lowest BCUT2D eigenvalue weighted by Gasteiger charge is -2.15. The van der Waals surface area contributed by atoms with Crippen LogP contribution in [0, 0.1) is 0 Å². The van der Waals surface area contributed by atoms with Gasteiger partial charge in [0.2, 0.25) is 0 Å². The first kappa shape index (κ1) is 12.1. The molecular formula is C12H13N3O3. The Bertz CT molecular complexity index is 591. The lowest BCUT2D eigenvalue weighted by Crippen LogP contribution is -2.28. The van der Waals surface area contributed by atoms with Gasteiger partial charge in [0.05, 0.1) is 18.1 Å². The van der Waals surface area contributed by atoms with E-state index in [0.717, 1.165) is 10.9 Å². The Morgan fingerprint density at radius 3 is 2.94 bits per heavy atom. The topological polar surface area (TPSA) is 86.3 Å². The van der Waals surface area contributed by atoms with E-state index < -0.39 is 5.97 Å². The first-order valence-electron chi connectivity index (χ1n) is 5.48. The maximum atomic E-state index is 12.0. The summed E-state index contributed by atoms with van der Waals surface area (Å²) in [5, 5.41) is 16.2. The number of hydrogen-bond acceptors (Lipinski definition) is 3. The van der Waals surface area contributed by atoms with E-state index in [1.165, 1.54) is 4.90 Å². The average Bonchev–Trinajstić information content (AvgIpc) is 2.81. The van der Waals surface area contributed by atoms with Crippen molar-refractivity contribution in [2.24, 2.45) is 0 Å². The SMILES string of the molecule is CN(CCC(=O)O)C(=O)c1ccc2cn[nH]c2c1. The number of carboxylic acid groups (broad SMARTS) is 1. The number of nitrogens with zero attached hydrogens (tertiary/aromatic N) is 2. The number of carboxylic acids is 1. The fourth-order valence-corrected chi connectivity index (χ4v) is 1.66. The van der Waals surface area contributed by atoms with E-state index in [0.29, 0.717) is 5.56 Å². The molecule has 0 bridgehead atoms. The highest BCUT2D eigenvalue weighted by atomic mass is 16.4. The molecule has 1 aromatic heterocycles.